The minimum atomic E-state index is -0.243. The van der Waals surface area contributed by atoms with Crippen molar-refractivity contribution in [2.24, 2.45) is 0 Å². The van der Waals surface area contributed by atoms with Crippen molar-refractivity contribution < 1.29 is 4.79 Å². The number of fused-ring (bicyclic) bond motifs is 1. The Balaban J connectivity index is 1.67. The first-order valence-corrected chi connectivity index (χ1v) is 8.34. The molecule has 3 rings (SSSR count). The first-order valence-electron chi connectivity index (χ1n) is 7.08. The number of imidazole rings is 1. The van der Waals surface area contributed by atoms with Crippen molar-refractivity contribution in [3.63, 3.8) is 0 Å². The number of thiazole rings is 1. The summed E-state index contributed by atoms with van der Waals surface area (Å²) in [6, 6.07) is 5.04. The van der Waals surface area contributed by atoms with Gasteiger partial charge in [0.25, 0.3) is 0 Å². The molecule has 8 heteroatoms. The van der Waals surface area contributed by atoms with Gasteiger partial charge < -0.3 is 15.2 Å². The van der Waals surface area contributed by atoms with E-state index < -0.39 is 0 Å². The number of amides is 2. The van der Waals surface area contributed by atoms with Gasteiger partial charge in [0.1, 0.15) is 10.8 Å². The monoisotopic (exact) mass is 349 g/mol. The van der Waals surface area contributed by atoms with Crippen LogP contribution in [0, 0.1) is 0 Å². The van der Waals surface area contributed by atoms with Crippen molar-refractivity contribution >= 4 is 40.0 Å². The topological polar surface area (TPSA) is 73.9 Å². The Hall–Kier alpha value is -2.12. The Labute approximate surface area is 142 Å². The van der Waals surface area contributed by atoms with E-state index in [1.165, 1.54) is 11.3 Å². The van der Waals surface area contributed by atoms with E-state index in [9.17, 15) is 4.79 Å². The standard InChI is InChI=1S/C15H16ClN5OS/c1-9(14-19-11-4-3-10(16)7-12(11)20-14)18-15(22)21(2)8-13-17-5-6-23-13/h3-7,9H,8H2,1-2H3,(H,18,22)(H,19,20)/t9-/m1/s1. The predicted molar refractivity (Wildman–Crippen MR) is 91.6 cm³/mol. The van der Waals surface area contributed by atoms with Crippen LogP contribution in [0.5, 0.6) is 0 Å². The third kappa shape index (κ3) is 3.62. The van der Waals surface area contributed by atoms with Gasteiger partial charge in [-0.3, -0.25) is 0 Å². The first kappa shape index (κ1) is 15.8. The minimum absolute atomic E-state index is 0.175. The summed E-state index contributed by atoms with van der Waals surface area (Å²) in [6.45, 7) is 2.36. The smallest absolute Gasteiger partial charge is 0.318 e. The number of benzene rings is 1. The summed E-state index contributed by atoms with van der Waals surface area (Å²) >= 11 is 7.50. The van der Waals surface area contributed by atoms with Crippen molar-refractivity contribution in [2.45, 2.75) is 19.5 Å². The Kier molecular flexibility index (Phi) is 4.49. The molecule has 0 bridgehead atoms. The fraction of sp³-hybridized carbons (Fsp3) is 0.267. The van der Waals surface area contributed by atoms with Crippen LogP contribution >= 0.6 is 22.9 Å². The second kappa shape index (κ2) is 6.55. The SMILES string of the molecule is C[C@@H](NC(=O)N(C)Cc1nccs1)c1nc2ccc(Cl)cc2[nH]1. The molecule has 2 aromatic heterocycles. The molecule has 3 aromatic rings. The normalized spacial score (nSPS) is 12.3. The lowest BCUT2D eigenvalue weighted by Gasteiger charge is -2.19. The number of rotatable bonds is 4. The number of hydrogen-bond acceptors (Lipinski definition) is 4. The van der Waals surface area contributed by atoms with Crippen LogP contribution in [0.15, 0.2) is 29.8 Å². The first-order chi connectivity index (χ1) is 11.0. The Morgan fingerprint density at radius 3 is 3.09 bits per heavy atom. The van der Waals surface area contributed by atoms with Crippen molar-refractivity contribution in [1.82, 2.24) is 25.2 Å². The molecule has 120 valence electrons. The maximum Gasteiger partial charge on any atom is 0.318 e. The van der Waals surface area contributed by atoms with Gasteiger partial charge in [-0.1, -0.05) is 11.6 Å². The Bertz CT molecular complexity index is 817. The quantitative estimate of drug-likeness (QED) is 0.756. The molecule has 0 aliphatic rings. The van der Waals surface area contributed by atoms with Crippen LogP contribution < -0.4 is 5.32 Å². The van der Waals surface area contributed by atoms with Crippen LogP contribution in [0.3, 0.4) is 0 Å². The molecule has 1 atom stereocenters. The van der Waals surface area contributed by atoms with Gasteiger partial charge >= 0.3 is 6.03 Å². The zero-order valence-corrected chi connectivity index (χ0v) is 14.3. The molecular formula is C15H16ClN5OS. The second-order valence-electron chi connectivity index (χ2n) is 5.24. The summed E-state index contributed by atoms with van der Waals surface area (Å²) in [5.41, 5.74) is 1.67. The number of nitrogens with zero attached hydrogens (tertiary/aromatic N) is 3. The van der Waals surface area contributed by atoms with E-state index in [1.54, 1.807) is 24.2 Å². The zero-order valence-electron chi connectivity index (χ0n) is 12.7. The zero-order chi connectivity index (χ0) is 16.4. The lowest BCUT2D eigenvalue weighted by Crippen LogP contribution is -2.38. The molecule has 23 heavy (non-hydrogen) atoms. The molecule has 2 amide bonds. The molecule has 2 heterocycles. The van der Waals surface area contributed by atoms with Crippen molar-refractivity contribution in [1.29, 1.82) is 0 Å². The lowest BCUT2D eigenvalue weighted by molar-refractivity contribution is 0.203. The van der Waals surface area contributed by atoms with Gasteiger partial charge in [0, 0.05) is 23.6 Å². The van der Waals surface area contributed by atoms with Crippen molar-refractivity contribution in [3.05, 3.63) is 45.6 Å². The molecule has 1 aromatic carbocycles. The average molecular weight is 350 g/mol. The molecule has 0 unspecified atom stereocenters. The van der Waals surface area contributed by atoms with E-state index in [2.05, 4.69) is 20.3 Å². The van der Waals surface area contributed by atoms with Gasteiger partial charge in [0.15, 0.2) is 0 Å². The van der Waals surface area contributed by atoms with Crippen LogP contribution in [0.1, 0.15) is 23.8 Å². The number of halogens is 1. The summed E-state index contributed by atoms with van der Waals surface area (Å²) in [4.78, 5) is 25.7. The second-order valence-corrected chi connectivity index (χ2v) is 6.65. The van der Waals surface area contributed by atoms with Crippen LogP contribution in [-0.4, -0.2) is 32.9 Å². The highest BCUT2D eigenvalue weighted by atomic mass is 35.5. The highest BCUT2D eigenvalue weighted by Crippen LogP contribution is 2.20. The summed E-state index contributed by atoms with van der Waals surface area (Å²) < 4.78 is 0. The fourth-order valence-electron chi connectivity index (χ4n) is 2.18. The minimum Gasteiger partial charge on any atom is -0.340 e. The van der Waals surface area contributed by atoms with E-state index in [1.807, 2.05) is 24.4 Å². The summed E-state index contributed by atoms with van der Waals surface area (Å²) in [6.07, 6.45) is 1.73. The molecule has 0 spiro atoms. The molecule has 0 aliphatic carbocycles. The number of carbonyl (C=O) groups excluding carboxylic acids is 1. The van der Waals surface area contributed by atoms with E-state index in [4.69, 9.17) is 11.6 Å². The van der Waals surface area contributed by atoms with Gasteiger partial charge in [-0.2, -0.15) is 0 Å². The summed E-state index contributed by atoms with van der Waals surface area (Å²) in [7, 11) is 1.74. The largest absolute Gasteiger partial charge is 0.340 e. The van der Waals surface area contributed by atoms with Gasteiger partial charge in [-0.25, -0.2) is 14.8 Å². The van der Waals surface area contributed by atoms with Crippen LogP contribution in [0.4, 0.5) is 4.79 Å². The molecule has 0 aliphatic heterocycles. The van der Waals surface area contributed by atoms with E-state index >= 15 is 0 Å². The Morgan fingerprint density at radius 1 is 1.52 bits per heavy atom. The summed E-state index contributed by atoms with van der Waals surface area (Å²) in [5, 5.41) is 6.36. The maximum absolute atomic E-state index is 12.3. The fourth-order valence-corrected chi connectivity index (χ4v) is 3.02. The molecule has 0 saturated carbocycles. The van der Waals surface area contributed by atoms with Crippen LogP contribution in [-0.2, 0) is 6.54 Å². The number of urea groups is 1. The number of nitrogens with one attached hydrogen (secondary N) is 2. The summed E-state index contributed by atoms with van der Waals surface area (Å²) in [5.74, 6) is 0.693. The molecule has 0 radical (unpaired) electrons. The highest BCUT2D eigenvalue weighted by Gasteiger charge is 2.17. The van der Waals surface area contributed by atoms with Gasteiger partial charge in [0.2, 0.25) is 0 Å². The van der Waals surface area contributed by atoms with Gasteiger partial charge in [0.05, 0.1) is 23.6 Å². The van der Waals surface area contributed by atoms with Crippen molar-refractivity contribution in [2.75, 3.05) is 7.05 Å². The number of aromatic nitrogens is 3. The van der Waals surface area contributed by atoms with E-state index in [-0.39, 0.29) is 12.1 Å². The molecule has 2 N–H and O–H groups in total. The predicted octanol–water partition coefficient (Wildman–Crippen LogP) is 3.58. The van der Waals surface area contributed by atoms with Gasteiger partial charge in [-0.05, 0) is 25.1 Å². The van der Waals surface area contributed by atoms with Crippen molar-refractivity contribution in [3.8, 4) is 0 Å². The average Bonchev–Trinajstić information content (AvgIpc) is 3.15. The van der Waals surface area contributed by atoms with E-state index in [0.29, 0.717) is 17.4 Å². The number of hydrogen-bond donors (Lipinski definition) is 2. The highest BCUT2D eigenvalue weighted by molar-refractivity contribution is 7.09. The maximum atomic E-state index is 12.3. The molecule has 6 nitrogen and oxygen atoms in total. The van der Waals surface area contributed by atoms with Crippen LogP contribution in [0.2, 0.25) is 5.02 Å². The number of carbonyl (C=O) groups is 1. The van der Waals surface area contributed by atoms with E-state index in [0.717, 1.165) is 16.0 Å². The molecule has 0 fully saturated rings. The van der Waals surface area contributed by atoms with Crippen LogP contribution in [0.25, 0.3) is 11.0 Å². The number of H-pyrrole nitrogens is 1. The third-order valence-corrected chi connectivity index (χ3v) is 4.41. The van der Waals surface area contributed by atoms with Gasteiger partial charge in [-0.15, -0.1) is 11.3 Å². The molecule has 0 saturated heterocycles. The Morgan fingerprint density at radius 2 is 2.35 bits per heavy atom. The molecular weight excluding hydrogens is 334 g/mol. The lowest BCUT2D eigenvalue weighted by atomic mass is 10.3. The third-order valence-electron chi connectivity index (χ3n) is 3.41. The number of aromatic amines is 1.